The molecule has 90 valence electrons. The summed E-state index contributed by atoms with van der Waals surface area (Å²) in [5.74, 6) is 0.776. The quantitative estimate of drug-likeness (QED) is 0.640. The molecule has 17 heavy (non-hydrogen) atoms. The monoisotopic (exact) mass is 234 g/mol. The summed E-state index contributed by atoms with van der Waals surface area (Å²) in [5.41, 5.74) is 3.10. The molecule has 1 rings (SSSR count). The number of carbonyl (C=O) groups excluding carboxylic acids is 1. The minimum absolute atomic E-state index is 0.605. The van der Waals surface area contributed by atoms with Crippen molar-refractivity contribution in [3.63, 3.8) is 0 Å². The molecule has 0 aromatic heterocycles. The number of nitrogens with zero attached hydrogens (tertiary/aromatic N) is 1. The molecule has 1 aromatic rings. The first-order valence-corrected chi connectivity index (χ1v) is 4.94. The fourth-order valence-electron chi connectivity index (χ4n) is 1.13. The average Bonchev–Trinajstić information content (AvgIpc) is 2.38. The van der Waals surface area contributed by atoms with Crippen LogP contribution in [0.15, 0.2) is 35.4 Å². The molecule has 1 N–H and O–H groups in total. The largest absolute Gasteiger partial charge is 0.496 e. The van der Waals surface area contributed by atoms with E-state index in [-0.39, 0.29) is 0 Å². The lowest BCUT2D eigenvalue weighted by Gasteiger charge is -2.02. The predicted octanol–water partition coefficient (Wildman–Crippen LogP) is 2.05. The van der Waals surface area contributed by atoms with Crippen LogP contribution in [0.25, 0.3) is 6.08 Å². The summed E-state index contributed by atoms with van der Waals surface area (Å²) in [6.45, 7) is 0. The van der Waals surface area contributed by atoms with Crippen LogP contribution in [-0.2, 0) is 4.74 Å². The van der Waals surface area contributed by atoms with Gasteiger partial charge in [-0.1, -0.05) is 18.2 Å². The normalized spacial score (nSPS) is 10.7. The van der Waals surface area contributed by atoms with Crippen LogP contribution in [0.3, 0.4) is 0 Å². The molecule has 0 bridgehead atoms. The van der Waals surface area contributed by atoms with Gasteiger partial charge in [0.2, 0.25) is 0 Å². The lowest BCUT2D eigenvalue weighted by atomic mass is 10.2. The first kappa shape index (κ1) is 12.8. The van der Waals surface area contributed by atoms with Crippen molar-refractivity contribution in [3.8, 4) is 5.75 Å². The van der Waals surface area contributed by atoms with Crippen LogP contribution in [0.5, 0.6) is 5.75 Å². The van der Waals surface area contributed by atoms with Crippen molar-refractivity contribution >= 4 is 18.4 Å². The summed E-state index contributed by atoms with van der Waals surface area (Å²) in [5, 5.41) is 3.64. The second-order valence-corrected chi connectivity index (χ2v) is 2.98. The van der Waals surface area contributed by atoms with Crippen molar-refractivity contribution in [3.05, 3.63) is 35.9 Å². The summed E-state index contributed by atoms with van der Waals surface area (Å²) in [6, 6.07) is 7.58. The fraction of sp³-hybridized carbons (Fsp3) is 0.167. The van der Waals surface area contributed by atoms with E-state index in [4.69, 9.17) is 4.74 Å². The third-order valence-electron chi connectivity index (χ3n) is 1.92. The molecule has 0 atom stereocenters. The topological polar surface area (TPSA) is 59.9 Å². The molecule has 1 aromatic carbocycles. The average molecular weight is 234 g/mol. The van der Waals surface area contributed by atoms with E-state index in [2.05, 4.69) is 15.3 Å². The number of rotatable bonds is 4. The van der Waals surface area contributed by atoms with Crippen LogP contribution < -0.4 is 10.2 Å². The van der Waals surface area contributed by atoms with Crippen LogP contribution in [0.1, 0.15) is 5.56 Å². The van der Waals surface area contributed by atoms with Gasteiger partial charge in [-0.25, -0.2) is 10.2 Å². The Morgan fingerprint density at radius 1 is 1.35 bits per heavy atom. The molecule has 0 heterocycles. The molecule has 0 aliphatic heterocycles. The Balaban J connectivity index is 2.56. The third-order valence-corrected chi connectivity index (χ3v) is 1.92. The SMILES string of the molecule is COC(=O)NN=CC=Cc1ccccc1OC. The van der Waals surface area contributed by atoms with Crippen molar-refractivity contribution < 1.29 is 14.3 Å². The number of allylic oxidation sites excluding steroid dienone is 1. The second kappa shape index (κ2) is 7.05. The minimum Gasteiger partial charge on any atom is -0.496 e. The fourth-order valence-corrected chi connectivity index (χ4v) is 1.13. The Morgan fingerprint density at radius 2 is 2.12 bits per heavy atom. The predicted molar refractivity (Wildman–Crippen MR) is 66.1 cm³/mol. The van der Waals surface area contributed by atoms with Gasteiger partial charge < -0.3 is 9.47 Å². The Bertz CT molecular complexity index is 428. The van der Waals surface area contributed by atoms with E-state index < -0.39 is 6.09 Å². The van der Waals surface area contributed by atoms with E-state index in [1.165, 1.54) is 13.3 Å². The highest BCUT2D eigenvalue weighted by atomic mass is 16.5. The molecule has 0 radical (unpaired) electrons. The summed E-state index contributed by atoms with van der Waals surface area (Å²) in [6.07, 6.45) is 4.35. The van der Waals surface area contributed by atoms with Gasteiger partial charge in [-0.3, -0.25) is 0 Å². The summed E-state index contributed by atoms with van der Waals surface area (Å²) < 4.78 is 9.52. The number of nitrogens with one attached hydrogen (secondary N) is 1. The number of ether oxygens (including phenoxy) is 2. The molecule has 0 fully saturated rings. The van der Waals surface area contributed by atoms with Gasteiger partial charge in [0.25, 0.3) is 0 Å². The van der Waals surface area contributed by atoms with Crippen LogP contribution in [-0.4, -0.2) is 26.5 Å². The zero-order chi connectivity index (χ0) is 12.5. The highest BCUT2D eigenvalue weighted by Gasteiger charge is 1.95. The third kappa shape index (κ3) is 4.38. The van der Waals surface area contributed by atoms with Crippen molar-refractivity contribution in [2.45, 2.75) is 0 Å². The van der Waals surface area contributed by atoms with E-state index in [9.17, 15) is 4.79 Å². The highest BCUT2D eigenvalue weighted by Crippen LogP contribution is 2.18. The zero-order valence-corrected chi connectivity index (χ0v) is 9.71. The van der Waals surface area contributed by atoms with Crippen molar-refractivity contribution in [1.29, 1.82) is 0 Å². The summed E-state index contributed by atoms with van der Waals surface area (Å²) >= 11 is 0. The summed E-state index contributed by atoms with van der Waals surface area (Å²) in [4.78, 5) is 10.7. The number of hydrogen-bond donors (Lipinski definition) is 1. The lowest BCUT2D eigenvalue weighted by molar-refractivity contribution is 0.171. The smallest absolute Gasteiger partial charge is 0.427 e. The Labute approximate surface area is 99.7 Å². The van der Waals surface area contributed by atoms with Gasteiger partial charge >= 0.3 is 6.09 Å². The van der Waals surface area contributed by atoms with Crippen LogP contribution in [0.4, 0.5) is 4.79 Å². The van der Waals surface area contributed by atoms with Gasteiger partial charge in [-0.05, 0) is 18.2 Å². The van der Waals surface area contributed by atoms with Gasteiger partial charge in [0.05, 0.1) is 14.2 Å². The standard InChI is InChI=1S/C12H14N2O3/c1-16-11-8-4-3-6-10(11)7-5-9-13-14-12(15)17-2/h3-9H,1-2H3,(H,14,15). The number of methoxy groups -OCH3 is 2. The lowest BCUT2D eigenvalue weighted by Crippen LogP contribution is -2.16. The number of amides is 1. The van der Waals surface area contributed by atoms with Gasteiger partial charge in [0, 0.05) is 11.8 Å². The molecular weight excluding hydrogens is 220 g/mol. The molecule has 1 amide bonds. The molecule has 5 heteroatoms. The number of para-hydroxylation sites is 1. The maximum absolute atomic E-state index is 10.7. The first-order valence-electron chi connectivity index (χ1n) is 4.94. The Kier molecular flexibility index (Phi) is 5.30. The molecule has 0 saturated heterocycles. The first-order chi connectivity index (χ1) is 8.27. The van der Waals surface area contributed by atoms with Gasteiger partial charge in [0.15, 0.2) is 0 Å². The Hall–Kier alpha value is -2.30. The van der Waals surface area contributed by atoms with E-state index >= 15 is 0 Å². The van der Waals surface area contributed by atoms with E-state index in [0.717, 1.165) is 11.3 Å². The second-order valence-electron chi connectivity index (χ2n) is 2.98. The minimum atomic E-state index is -0.605. The Morgan fingerprint density at radius 3 is 2.82 bits per heavy atom. The van der Waals surface area contributed by atoms with Crippen molar-refractivity contribution in [2.75, 3.05) is 14.2 Å². The van der Waals surface area contributed by atoms with Crippen LogP contribution in [0, 0.1) is 0 Å². The molecule has 5 nitrogen and oxygen atoms in total. The van der Waals surface area contributed by atoms with Crippen molar-refractivity contribution in [1.82, 2.24) is 5.43 Å². The molecule has 0 aliphatic rings. The number of benzene rings is 1. The van der Waals surface area contributed by atoms with Gasteiger partial charge in [-0.2, -0.15) is 5.10 Å². The molecule has 0 unspecified atom stereocenters. The summed E-state index contributed by atoms with van der Waals surface area (Å²) in [7, 11) is 2.88. The molecule has 0 saturated carbocycles. The van der Waals surface area contributed by atoms with Crippen LogP contribution in [0.2, 0.25) is 0 Å². The van der Waals surface area contributed by atoms with Crippen molar-refractivity contribution in [2.24, 2.45) is 5.10 Å². The highest BCUT2D eigenvalue weighted by molar-refractivity contribution is 5.80. The number of hydrogen-bond acceptors (Lipinski definition) is 4. The van der Waals surface area contributed by atoms with Gasteiger partial charge in [0.1, 0.15) is 5.75 Å². The molecule has 0 spiro atoms. The molecular formula is C12H14N2O3. The van der Waals surface area contributed by atoms with E-state index in [0.29, 0.717) is 0 Å². The number of carbonyl (C=O) groups is 1. The zero-order valence-electron chi connectivity index (χ0n) is 9.71. The van der Waals surface area contributed by atoms with Crippen LogP contribution >= 0.6 is 0 Å². The van der Waals surface area contributed by atoms with Gasteiger partial charge in [-0.15, -0.1) is 0 Å². The maximum atomic E-state index is 10.7. The number of hydrazone groups is 1. The molecule has 0 aliphatic carbocycles. The van der Waals surface area contributed by atoms with E-state index in [1.54, 1.807) is 13.2 Å². The van der Waals surface area contributed by atoms with E-state index in [1.807, 2.05) is 30.3 Å². The maximum Gasteiger partial charge on any atom is 0.427 e.